The van der Waals surface area contributed by atoms with E-state index in [-0.39, 0.29) is 0 Å². The highest BCUT2D eigenvalue weighted by Gasteiger charge is 1.96. The van der Waals surface area contributed by atoms with E-state index < -0.39 is 0 Å². The molecule has 1 aromatic heterocycles. The summed E-state index contributed by atoms with van der Waals surface area (Å²) in [7, 11) is 0. The smallest absolute Gasteiger partial charge is 0.0548 e. The Labute approximate surface area is 75.3 Å². The van der Waals surface area contributed by atoms with Gasteiger partial charge in [-0.3, -0.25) is 4.98 Å². The molecule has 0 fully saturated rings. The summed E-state index contributed by atoms with van der Waals surface area (Å²) in [6.45, 7) is 3.66. The molecule has 0 bridgehead atoms. The second-order valence-electron chi connectivity index (χ2n) is 2.26. The molecule has 0 N–H and O–H groups in total. The Morgan fingerprint density at radius 1 is 1.64 bits per heavy atom. The van der Waals surface area contributed by atoms with Gasteiger partial charge in [0.1, 0.15) is 0 Å². The fraction of sp³-hybridized carbons (Fsp3) is 0.222. The van der Waals surface area contributed by atoms with Crippen LogP contribution < -0.4 is 0 Å². The van der Waals surface area contributed by atoms with E-state index >= 15 is 0 Å². The van der Waals surface area contributed by atoms with Crippen LogP contribution in [0.2, 0.25) is 0 Å². The van der Waals surface area contributed by atoms with E-state index in [1.165, 1.54) is 0 Å². The Bertz CT molecular complexity index is 245. The maximum absolute atomic E-state index is 4.22. The quantitative estimate of drug-likeness (QED) is 0.702. The first-order valence-corrected chi connectivity index (χ1v) is 4.34. The monoisotopic (exact) mass is 211 g/mol. The molecule has 0 unspecified atom stereocenters. The highest BCUT2D eigenvalue weighted by molar-refractivity contribution is 9.10. The molecule has 0 aliphatic heterocycles. The predicted molar refractivity (Wildman–Crippen MR) is 50.5 cm³/mol. The van der Waals surface area contributed by atoms with Gasteiger partial charge in [-0.25, -0.2) is 0 Å². The lowest BCUT2D eigenvalue weighted by molar-refractivity contribution is 0.937. The van der Waals surface area contributed by atoms with E-state index in [9.17, 15) is 0 Å². The van der Waals surface area contributed by atoms with Crippen LogP contribution in [0.25, 0.3) is 0 Å². The Hall–Kier alpha value is -0.630. The first-order valence-electron chi connectivity index (χ1n) is 3.55. The molecule has 0 atom stereocenters. The number of hydrogen-bond donors (Lipinski definition) is 0. The van der Waals surface area contributed by atoms with Crippen LogP contribution in [0.4, 0.5) is 0 Å². The third kappa shape index (κ3) is 2.46. The summed E-state index contributed by atoms with van der Waals surface area (Å²) in [5, 5.41) is 0. The van der Waals surface area contributed by atoms with E-state index in [1.54, 1.807) is 0 Å². The molecule has 1 heterocycles. The first-order chi connectivity index (χ1) is 5.34. The van der Waals surface area contributed by atoms with Crippen molar-refractivity contribution < 1.29 is 0 Å². The van der Waals surface area contributed by atoms with Gasteiger partial charge in [0.25, 0.3) is 0 Å². The van der Waals surface area contributed by atoms with Crippen LogP contribution in [-0.2, 0) is 6.42 Å². The Morgan fingerprint density at radius 3 is 3.09 bits per heavy atom. The minimum Gasteiger partial charge on any atom is -0.260 e. The number of pyridine rings is 1. The molecule has 1 nitrogen and oxygen atoms in total. The zero-order valence-corrected chi connectivity index (χ0v) is 7.84. The summed E-state index contributed by atoms with van der Waals surface area (Å²) in [4.78, 5) is 4.22. The van der Waals surface area contributed by atoms with E-state index in [1.807, 2.05) is 24.4 Å². The van der Waals surface area contributed by atoms with Gasteiger partial charge in [-0.05, 0) is 40.9 Å². The van der Waals surface area contributed by atoms with Crippen molar-refractivity contribution in [3.05, 3.63) is 41.2 Å². The molecule has 0 aliphatic rings. The number of rotatable bonds is 3. The van der Waals surface area contributed by atoms with E-state index in [4.69, 9.17) is 0 Å². The molecular formula is C9H10BrN. The number of aryl methyl sites for hydroxylation is 1. The topological polar surface area (TPSA) is 12.9 Å². The highest BCUT2D eigenvalue weighted by Crippen LogP contribution is 2.14. The van der Waals surface area contributed by atoms with Crippen molar-refractivity contribution in [3.63, 3.8) is 0 Å². The molecule has 0 spiro atoms. The van der Waals surface area contributed by atoms with Crippen LogP contribution >= 0.6 is 15.9 Å². The summed E-state index contributed by atoms with van der Waals surface area (Å²) < 4.78 is 1.09. The summed E-state index contributed by atoms with van der Waals surface area (Å²) in [5.74, 6) is 0. The van der Waals surface area contributed by atoms with Crippen LogP contribution in [0.15, 0.2) is 35.5 Å². The van der Waals surface area contributed by atoms with Gasteiger partial charge in [-0.15, -0.1) is 6.58 Å². The minimum absolute atomic E-state index is 0.963. The van der Waals surface area contributed by atoms with Crippen molar-refractivity contribution in [2.45, 2.75) is 12.8 Å². The van der Waals surface area contributed by atoms with E-state index in [0.29, 0.717) is 0 Å². The van der Waals surface area contributed by atoms with Gasteiger partial charge < -0.3 is 0 Å². The molecule has 11 heavy (non-hydrogen) atoms. The molecule has 0 aromatic carbocycles. The zero-order chi connectivity index (χ0) is 8.10. The molecule has 0 saturated heterocycles. The average molecular weight is 212 g/mol. The summed E-state index contributed by atoms with van der Waals surface area (Å²) in [6, 6.07) is 3.92. The second-order valence-corrected chi connectivity index (χ2v) is 3.11. The molecular weight excluding hydrogens is 202 g/mol. The first kappa shape index (κ1) is 8.47. The van der Waals surface area contributed by atoms with Crippen LogP contribution in [0.1, 0.15) is 12.1 Å². The highest BCUT2D eigenvalue weighted by atomic mass is 79.9. The van der Waals surface area contributed by atoms with Gasteiger partial charge in [0.05, 0.1) is 5.69 Å². The lowest BCUT2D eigenvalue weighted by atomic mass is 10.2. The Morgan fingerprint density at radius 2 is 2.45 bits per heavy atom. The Kier molecular flexibility index (Phi) is 3.30. The number of halogens is 1. The van der Waals surface area contributed by atoms with Crippen molar-refractivity contribution in [2.75, 3.05) is 0 Å². The fourth-order valence-corrected chi connectivity index (χ4v) is 1.29. The van der Waals surface area contributed by atoms with Crippen molar-refractivity contribution in [3.8, 4) is 0 Å². The molecule has 1 aromatic rings. The van der Waals surface area contributed by atoms with Crippen LogP contribution in [0.5, 0.6) is 0 Å². The third-order valence-corrected chi connectivity index (χ3v) is 2.14. The zero-order valence-electron chi connectivity index (χ0n) is 6.26. The predicted octanol–water partition coefficient (Wildman–Crippen LogP) is 2.96. The SMILES string of the molecule is C=CCCc1ncccc1Br. The maximum Gasteiger partial charge on any atom is 0.0548 e. The second kappa shape index (κ2) is 4.29. The average Bonchev–Trinajstić information content (AvgIpc) is 2.03. The van der Waals surface area contributed by atoms with Gasteiger partial charge in [-0.1, -0.05) is 6.08 Å². The van der Waals surface area contributed by atoms with Gasteiger partial charge in [0.2, 0.25) is 0 Å². The van der Waals surface area contributed by atoms with E-state index in [0.717, 1.165) is 23.0 Å². The van der Waals surface area contributed by atoms with Gasteiger partial charge in [0, 0.05) is 10.7 Å². The lowest BCUT2D eigenvalue weighted by Crippen LogP contribution is -1.88. The number of nitrogens with zero attached hydrogens (tertiary/aromatic N) is 1. The van der Waals surface area contributed by atoms with Gasteiger partial charge in [0.15, 0.2) is 0 Å². The molecule has 0 amide bonds. The van der Waals surface area contributed by atoms with Crippen molar-refractivity contribution in [1.29, 1.82) is 0 Å². The largest absolute Gasteiger partial charge is 0.260 e. The molecule has 58 valence electrons. The minimum atomic E-state index is 0.963. The summed E-state index contributed by atoms with van der Waals surface area (Å²) in [5.41, 5.74) is 1.10. The van der Waals surface area contributed by atoms with E-state index in [2.05, 4.69) is 27.5 Å². The lowest BCUT2D eigenvalue weighted by Gasteiger charge is -1.98. The van der Waals surface area contributed by atoms with Gasteiger partial charge >= 0.3 is 0 Å². The number of aromatic nitrogens is 1. The molecule has 0 radical (unpaired) electrons. The molecule has 0 aliphatic carbocycles. The molecule has 2 heteroatoms. The summed E-state index contributed by atoms with van der Waals surface area (Å²) in [6.07, 6.45) is 5.66. The molecule has 0 saturated carbocycles. The van der Waals surface area contributed by atoms with Gasteiger partial charge in [-0.2, -0.15) is 0 Å². The number of hydrogen-bond acceptors (Lipinski definition) is 1. The Balaban J connectivity index is 2.69. The third-order valence-electron chi connectivity index (χ3n) is 1.42. The molecule has 1 rings (SSSR count). The standard InChI is InChI=1S/C9H10BrN/c1-2-3-6-9-8(10)5-4-7-11-9/h2,4-5,7H,1,3,6H2. The van der Waals surface area contributed by atoms with Crippen molar-refractivity contribution in [2.24, 2.45) is 0 Å². The summed E-state index contributed by atoms with van der Waals surface area (Å²) >= 11 is 3.43. The normalized spacial score (nSPS) is 9.55. The van der Waals surface area contributed by atoms with Crippen LogP contribution in [0.3, 0.4) is 0 Å². The van der Waals surface area contributed by atoms with Crippen molar-refractivity contribution >= 4 is 15.9 Å². The van der Waals surface area contributed by atoms with Crippen molar-refractivity contribution in [1.82, 2.24) is 4.98 Å². The number of allylic oxidation sites excluding steroid dienone is 1. The van der Waals surface area contributed by atoms with Crippen LogP contribution in [-0.4, -0.2) is 4.98 Å². The maximum atomic E-state index is 4.22. The fourth-order valence-electron chi connectivity index (χ4n) is 0.841. The van der Waals surface area contributed by atoms with Crippen LogP contribution in [0, 0.1) is 0 Å².